The Morgan fingerprint density at radius 1 is 1.48 bits per heavy atom. The number of aromatic nitrogens is 3. The van der Waals surface area contributed by atoms with Gasteiger partial charge in [0.2, 0.25) is 0 Å². The third kappa shape index (κ3) is 3.08. The molecule has 10 nitrogen and oxygen atoms in total. The summed E-state index contributed by atoms with van der Waals surface area (Å²) in [6.07, 6.45) is -1.93. The topological polar surface area (TPSA) is 156 Å². The molecule has 138 valence electrons. The van der Waals surface area contributed by atoms with E-state index in [0.717, 1.165) is 0 Å². The fraction of sp³-hybridized carbons (Fsp3) is 0.538. The molecule has 0 aromatic carbocycles. The van der Waals surface area contributed by atoms with Gasteiger partial charge in [0.25, 0.3) is 0 Å². The highest BCUT2D eigenvalue weighted by molar-refractivity contribution is 7.45. The Hall–Kier alpha value is -1.46. The molecular weight excluding hydrogens is 358 g/mol. The number of aliphatic hydroxyl groups excluding tert-OH is 2. The maximum absolute atomic E-state index is 13.6. The van der Waals surface area contributed by atoms with Gasteiger partial charge in [-0.25, -0.2) is 14.4 Å². The summed E-state index contributed by atoms with van der Waals surface area (Å²) < 4.78 is 25.5. The number of halogens is 1. The molecular formula is C13H18FN4O6P. The van der Waals surface area contributed by atoms with E-state index in [0.29, 0.717) is 11.0 Å². The Bertz CT molecular complexity index is 750. The lowest BCUT2D eigenvalue weighted by molar-refractivity contribution is -0.118. The number of fused-ring (bicyclic) bond motifs is 1. The summed E-state index contributed by atoms with van der Waals surface area (Å²) >= 11 is 0. The maximum atomic E-state index is 13.6. The standard InChI is InChI=1S/C13H18FN4O6P/c14-4-13(21)9(20)8(3-23-25(22)6-19)24-12(13)18-2-1-7-10(15)16-5-17-11(7)18/h1-2,5,8-9,12,19-22H,3-4,6H2,(H2,15,16,17)/t8-,9?,12-,13-,25?/m1/s1. The van der Waals surface area contributed by atoms with Crippen LogP contribution >= 0.6 is 8.38 Å². The van der Waals surface area contributed by atoms with E-state index in [-0.39, 0.29) is 12.4 Å². The second-order valence-electron chi connectivity index (χ2n) is 5.61. The largest absolute Gasteiger partial charge is 0.387 e. The average molecular weight is 376 g/mol. The van der Waals surface area contributed by atoms with Gasteiger partial charge in [-0.3, -0.25) is 0 Å². The third-order valence-electron chi connectivity index (χ3n) is 4.11. The fourth-order valence-corrected chi connectivity index (χ4v) is 3.19. The van der Waals surface area contributed by atoms with Crippen molar-refractivity contribution in [1.29, 1.82) is 0 Å². The van der Waals surface area contributed by atoms with Crippen LogP contribution in [0.25, 0.3) is 11.0 Å². The first kappa shape index (κ1) is 18.3. The smallest absolute Gasteiger partial charge is 0.195 e. The molecule has 0 bridgehead atoms. The lowest BCUT2D eigenvalue weighted by Gasteiger charge is -2.29. The molecule has 0 saturated carbocycles. The van der Waals surface area contributed by atoms with Gasteiger partial charge in [0, 0.05) is 6.20 Å². The van der Waals surface area contributed by atoms with E-state index < -0.39 is 45.4 Å². The van der Waals surface area contributed by atoms with Crippen LogP contribution in [0, 0.1) is 0 Å². The number of hydrogen-bond donors (Lipinski definition) is 5. The van der Waals surface area contributed by atoms with Crippen LogP contribution in [0.4, 0.5) is 10.2 Å². The number of nitrogen functional groups attached to an aromatic ring is 1. The number of nitrogens with zero attached hydrogens (tertiary/aromatic N) is 3. The van der Waals surface area contributed by atoms with Gasteiger partial charge in [0.05, 0.1) is 12.0 Å². The molecule has 0 amide bonds. The van der Waals surface area contributed by atoms with Crippen molar-refractivity contribution in [1.82, 2.24) is 14.5 Å². The van der Waals surface area contributed by atoms with Gasteiger partial charge in [-0.2, -0.15) is 0 Å². The van der Waals surface area contributed by atoms with Crippen LogP contribution < -0.4 is 5.73 Å². The summed E-state index contributed by atoms with van der Waals surface area (Å²) in [5, 5.41) is 30.2. The second-order valence-corrected chi connectivity index (χ2v) is 6.85. The first-order valence-electron chi connectivity index (χ1n) is 7.31. The number of nitrogens with two attached hydrogens (primary N) is 1. The number of ether oxygens (including phenoxy) is 1. The predicted octanol–water partition coefficient (Wildman–Crippen LogP) is -0.757. The van der Waals surface area contributed by atoms with Crippen molar-refractivity contribution in [3.05, 3.63) is 18.6 Å². The lowest BCUT2D eigenvalue weighted by Crippen LogP contribution is -2.49. The van der Waals surface area contributed by atoms with E-state index in [9.17, 15) is 19.5 Å². The minimum absolute atomic E-state index is 0.208. The molecule has 1 saturated heterocycles. The highest BCUT2D eigenvalue weighted by Crippen LogP contribution is 2.42. The number of rotatable bonds is 6. The molecule has 25 heavy (non-hydrogen) atoms. The third-order valence-corrected chi connectivity index (χ3v) is 4.80. The molecule has 3 heterocycles. The summed E-state index contributed by atoms with van der Waals surface area (Å²) in [7, 11) is -2.10. The van der Waals surface area contributed by atoms with E-state index in [1.165, 1.54) is 17.1 Å². The van der Waals surface area contributed by atoms with Crippen LogP contribution in [-0.4, -0.2) is 72.2 Å². The summed E-state index contributed by atoms with van der Waals surface area (Å²) in [4.78, 5) is 17.2. The minimum atomic E-state index is -2.25. The molecule has 1 aliphatic rings. The predicted molar refractivity (Wildman–Crippen MR) is 85.0 cm³/mol. The van der Waals surface area contributed by atoms with Crippen LogP contribution in [0.15, 0.2) is 18.6 Å². The molecule has 6 N–H and O–H groups in total. The molecule has 2 aromatic rings. The van der Waals surface area contributed by atoms with Crippen molar-refractivity contribution >= 4 is 25.2 Å². The summed E-state index contributed by atoms with van der Waals surface area (Å²) in [5.74, 6) is 0.208. The monoisotopic (exact) mass is 376 g/mol. The van der Waals surface area contributed by atoms with Crippen LogP contribution in [0.3, 0.4) is 0 Å². The zero-order valence-electron chi connectivity index (χ0n) is 12.9. The fourth-order valence-electron chi connectivity index (χ4n) is 2.79. The van der Waals surface area contributed by atoms with Gasteiger partial charge in [-0.05, 0) is 6.07 Å². The van der Waals surface area contributed by atoms with E-state index in [4.69, 9.17) is 20.1 Å². The summed E-state index contributed by atoms with van der Waals surface area (Å²) in [5.41, 5.74) is 3.81. The second kappa shape index (κ2) is 7.04. The Morgan fingerprint density at radius 2 is 2.24 bits per heavy atom. The van der Waals surface area contributed by atoms with Crippen LogP contribution in [0.1, 0.15) is 6.23 Å². The molecule has 0 spiro atoms. The van der Waals surface area contributed by atoms with E-state index in [1.807, 2.05) is 0 Å². The SMILES string of the molecule is Nc1ncnc2c1ccn2[C@@H]1O[C@H](COP(O)CO)C(O)[C@]1(O)CF. The molecule has 2 unspecified atom stereocenters. The maximum Gasteiger partial charge on any atom is 0.195 e. The van der Waals surface area contributed by atoms with Crippen molar-refractivity contribution in [3.8, 4) is 0 Å². The molecule has 0 radical (unpaired) electrons. The van der Waals surface area contributed by atoms with E-state index >= 15 is 0 Å². The highest BCUT2D eigenvalue weighted by atomic mass is 31.2. The molecule has 1 aliphatic heterocycles. The average Bonchev–Trinajstić information content (AvgIpc) is 3.14. The normalized spacial score (nSPS) is 30.8. The molecule has 3 rings (SSSR count). The lowest BCUT2D eigenvalue weighted by atomic mass is 9.95. The van der Waals surface area contributed by atoms with Gasteiger partial charge >= 0.3 is 0 Å². The molecule has 0 aliphatic carbocycles. The zero-order chi connectivity index (χ0) is 18.2. The molecule has 12 heteroatoms. The zero-order valence-corrected chi connectivity index (χ0v) is 13.8. The molecule has 5 atom stereocenters. The first-order chi connectivity index (χ1) is 11.9. The quantitative estimate of drug-likeness (QED) is 0.409. The van der Waals surface area contributed by atoms with Crippen LogP contribution in [0.2, 0.25) is 0 Å². The van der Waals surface area contributed by atoms with Gasteiger partial charge < -0.3 is 39.8 Å². The van der Waals surface area contributed by atoms with Gasteiger partial charge in [-0.1, -0.05) is 0 Å². The Kier molecular flexibility index (Phi) is 5.16. The van der Waals surface area contributed by atoms with Gasteiger partial charge in [0.15, 0.2) is 20.2 Å². The van der Waals surface area contributed by atoms with Gasteiger partial charge in [0.1, 0.15) is 43.0 Å². The minimum Gasteiger partial charge on any atom is -0.387 e. The first-order valence-corrected chi connectivity index (χ1v) is 8.71. The van der Waals surface area contributed by atoms with E-state index in [2.05, 4.69) is 9.97 Å². The van der Waals surface area contributed by atoms with Crippen molar-refractivity contribution in [2.45, 2.75) is 24.0 Å². The number of hydrogen-bond acceptors (Lipinski definition) is 9. The van der Waals surface area contributed by atoms with Crippen LogP contribution in [-0.2, 0) is 9.26 Å². The Balaban J connectivity index is 1.92. The van der Waals surface area contributed by atoms with Crippen molar-refractivity contribution < 1.29 is 33.9 Å². The van der Waals surface area contributed by atoms with E-state index in [1.54, 1.807) is 6.07 Å². The Labute approximate surface area is 142 Å². The molecule has 2 aromatic heterocycles. The molecule has 1 fully saturated rings. The van der Waals surface area contributed by atoms with Crippen LogP contribution in [0.5, 0.6) is 0 Å². The number of alkyl halides is 1. The highest BCUT2D eigenvalue weighted by Gasteiger charge is 2.57. The number of anilines is 1. The number of aliphatic hydroxyl groups is 3. The summed E-state index contributed by atoms with van der Waals surface area (Å²) in [6.45, 7) is -1.62. The Morgan fingerprint density at radius 3 is 2.92 bits per heavy atom. The van der Waals surface area contributed by atoms with Crippen molar-refractivity contribution in [2.75, 3.05) is 25.4 Å². The van der Waals surface area contributed by atoms with Crippen molar-refractivity contribution in [2.24, 2.45) is 0 Å². The van der Waals surface area contributed by atoms with Crippen molar-refractivity contribution in [3.63, 3.8) is 0 Å². The summed E-state index contributed by atoms with van der Waals surface area (Å²) in [6, 6.07) is 1.58. The van der Waals surface area contributed by atoms with Gasteiger partial charge in [-0.15, -0.1) is 0 Å².